The first-order valence-corrected chi connectivity index (χ1v) is 14.0. The van der Waals surface area contributed by atoms with Gasteiger partial charge in [-0.2, -0.15) is 0 Å². The molecule has 0 radical (unpaired) electrons. The minimum atomic E-state index is -0.489. The fourth-order valence-corrected chi connectivity index (χ4v) is 5.76. The molecule has 37 heavy (non-hydrogen) atoms. The van der Waals surface area contributed by atoms with Crippen LogP contribution < -0.4 is 5.32 Å². The van der Waals surface area contributed by atoms with Crippen LogP contribution in [0.25, 0.3) is 0 Å². The Hall–Kier alpha value is -2.55. The van der Waals surface area contributed by atoms with Crippen molar-refractivity contribution in [3.8, 4) is 0 Å². The molecule has 2 saturated heterocycles. The van der Waals surface area contributed by atoms with Crippen LogP contribution in [-0.2, 0) is 31.8 Å². The van der Waals surface area contributed by atoms with Crippen molar-refractivity contribution in [1.82, 2.24) is 14.9 Å². The fourth-order valence-electron chi connectivity index (χ4n) is 5.76. The zero-order valence-electron chi connectivity index (χ0n) is 22.0. The number of hydrogen-bond donors (Lipinski definition) is 1. The van der Waals surface area contributed by atoms with Crippen LogP contribution in [-0.4, -0.2) is 66.9 Å². The highest BCUT2D eigenvalue weighted by Gasteiger charge is 2.37. The first-order chi connectivity index (χ1) is 18.2. The number of nitrogens with zero attached hydrogens (tertiary/aromatic N) is 3. The van der Waals surface area contributed by atoms with Gasteiger partial charge in [0.1, 0.15) is 11.9 Å². The number of fused-ring (bicyclic) bond motifs is 1. The molecule has 5 heterocycles. The van der Waals surface area contributed by atoms with Crippen LogP contribution in [0.2, 0.25) is 0 Å². The van der Waals surface area contributed by atoms with Gasteiger partial charge in [-0.15, -0.1) is 0 Å². The molecule has 3 atom stereocenters. The molecule has 3 aliphatic heterocycles. The Bertz CT molecular complexity index is 1040. The number of pyridine rings is 2. The Kier molecular flexibility index (Phi) is 9.02. The van der Waals surface area contributed by atoms with E-state index >= 15 is 0 Å². The lowest BCUT2D eigenvalue weighted by molar-refractivity contribution is -0.147. The summed E-state index contributed by atoms with van der Waals surface area (Å²) >= 11 is 0. The van der Waals surface area contributed by atoms with E-state index in [0.717, 1.165) is 100 Å². The van der Waals surface area contributed by atoms with Crippen molar-refractivity contribution >= 4 is 11.8 Å². The van der Waals surface area contributed by atoms with Gasteiger partial charge in [-0.3, -0.25) is 9.88 Å². The molecule has 200 valence electrons. The van der Waals surface area contributed by atoms with E-state index in [0.29, 0.717) is 6.54 Å². The predicted octanol–water partition coefficient (Wildman–Crippen LogP) is 4.40. The topological polar surface area (TPSA) is 85.8 Å². The second kappa shape index (κ2) is 12.8. The summed E-state index contributed by atoms with van der Waals surface area (Å²) in [5.41, 5.74) is 4.25. The highest BCUT2D eigenvalue weighted by atomic mass is 16.5. The molecule has 5 rings (SSSR count). The van der Waals surface area contributed by atoms with Gasteiger partial charge < -0.3 is 19.5 Å². The maximum absolute atomic E-state index is 13.0. The number of ether oxygens (including phenoxy) is 3. The summed E-state index contributed by atoms with van der Waals surface area (Å²) in [6, 6.07) is 7.80. The molecule has 2 unspecified atom stereocenters. The van der Waals surface area contributed by atoms with Gasteiger partial charge in [0.15, 0.2) is 0 Å². The molecule has 0 saturated carbocycles. The zero-order chi connectivity index (χ0) is 25.5. The summed E-state index contributed by atoms with van der Waals surface area (Å²) in [5, 5.41) is 3.42. The summed E-state index contributed by atoms with van der Waals surface area (Å²) in [7, 11) is 1.46. The number of rotatable bonds is 10. The van der Waals surface area contributed by atoms with Gasteiger partial charge in [-0.25, -0.2) is 9.78 Å². The maximum Gasteiger partial charge on any atom is 0.327 e. The van der Waals surface area contributed by atoms with Crippen LogP contribution in [0.15, 0.2) is 30.5 Å². The van der Waals surface area contributed by atoms with Crippen LogP contribution in [0.5, 0.6) is 0 Å². The quantitative estimate of drug-likeness (QED) is 0.373. The molecular weight excluding hydrogens is 468 g/mol. The molecule has 3 aliphatic rings. The number of esters is 1. The molecule has 2 aromatic heterocycles. The summed E-state index contributed by atoms with van der Waals surface area (Å²) in [5.74, 6) is 0.816. The number of likely N-dealkylation sites (tertiary alicyclic amines) is 1. The number of nitrogens with one attached hydrogen (secondary N) is 1. The van der Waals surface area contributed by atoms with Gasteiger partial charge in [0, 0.05) is 50.3 Å². The van der Waals surface area contributed by atoms with Gasteiger partial charge in [0.25, 0.3) is 0 Å². The third kappa shape index (κ3) is 6.48. The van der Waals surface area contributed by atoms with Crippen molar-refractivity contribution in [2.75, 3.05) is 45.3 Å². The summed E-state index contributed by atoms with van der Waals surface area (Å²) < 4.78 is 17.5. The standard InChI is InChI=1S/C29H40N4O4/c1-35-29(34)27(24-10-7-15-30-26(24)25-11-3-5-19-37-25)33-17-14-23(20-33)36-18-4-2-9-22-13-12-21-8-6-16-31-28(21)32-22/h7,10,12-13,15,23,25,27H,2-6,8-9,11,14,16-20H2,1H3,(H,31,32)/t23-,25?,27?/m1/s1. The van der Waals surface area contributed by atoms with E-state index in [-0.39, 0.29) is 18.2 Å². The van der Waals surface area contributed by atoms with E-state index in [1.165, 1.54) is 19.1 Å². The highest BCUT2D eigenvalue weighted by Crippen LogP contribution is 2.35. The van der Waals surface area contributed by atoms with Crippen molar-refractivity contribution in [3.05, 3.63) is 53.0 Å². The molecule has 0 aliphatic carbocycles. The zero-order valence-corrected chi connectivity index (χ0v) is 22.0. The van der Waals surface area contributed by atoms with E-state index in [4.69, 9.17) is 19.2 Å². The number of carbonyl (C=O) groups is 1. The Morgan fingerprint density at radius 2 is 2.16 bits per heavy atom. The third-order valence-corrected chi connectivity index (χ3v) is 7.75. The van der Waals surface area contributed by atoms with Crippen molar-refractivity contribution in [3.63, 3.8) is 0 Å². The Balaban J connectivity index is 1.13. The number of carbonyl (C=O) groups excluding carboxylic acids is 1. The smallest absolute Gasteiger partial charge is 0.327 e. The fraction of sp³-hybridized carbons (Fsp3) is 0.621. The minimum Gasteiger partial charge on any atom is -0.468 e. The number of hydrogen-bond acceptors (Lipinski definition) is 8. The average molecular weight is 509 g/mol. The number of anilines is 1. The minimum absolute atomic E-state index is 0.0628. The molecule has 0 aromatic carbocycles. The van der Waals surface area contributed by atoms with Crippen molar-refractivity contribution in [2.24, 2.45) is 0 Å². The van der Waals surface area contributed by atoms with Gasteiger partial charge in [-0.05, 0) is 75.5 Å². The summed E-state index contributed by atoms with van der Waals surface area (Å²) in [4.78, 5) is 24.6. The first kappa shape index (κ1) is 26.1. The van der Waals surface area contributed by atoms with Crippen molar-refractivity contribution in [2.45, 2.75) is 76.0 Å². The molecule has 8 heteroatoms. The Morgan fingerprint density at radius 1 is 1.22 bits per heavy atom. The van der Waals surface area contributed by atoms with E-state index in [1.807, 2.05) is 12.1 Å². The molecule has 1 N–H and O–H groups in total. The lowest BCUT2D eigenvalue weighted by Gasteiger charge is -2.30. The van der Waals surface area contributed by atoms with Gasteiger partial charge >= 0.3 is 5.97 Å². The van der Waals surface area contributed by atoms with Crippen LogP contribution in [0.4, 0.5) is 5.82 Å². The molecule has 0 spiro atoms. The highest BCUT2D eigenvalue weighted by molar-refractivity contribution is 5.78. The van der Waals surface area contributed by atoms with Crippen molar-refractivity contribution in [1.29, 1.82) is 0 Å². The number of aryl methyl sites for hydroxylation is 2. The second-order valence-electron chi connectivity index (χ2n) is 10.3. The average Bonchev–Trinajstić information content (AvgIpc) is 3.41. The molecule has 2 aromatic rings. The van der Waals surface area contributed by atoms with Crippen LogP contribution in [0, 0.1) is 0 Å². The SMILES string of the molecule is COC(=O)C(c1cccnc1C1CCCCO1)N1CC[C@@H](OCCCCc2ccc3c(n2)NCCC3)C1. The molecular formula is C29H40N4O4. The summed E-state index contributed by atoms with van der Waals surface area (Å²) in [6.07, 6.45) is 11.2. The predicted molar refractivity (Wildman–Crippen MR) is 141 cm³/mol. The second-order valence-corrected chi connectivity index (χ2v) is 10.3. The molecule has 8 nitrogen and oxygen atoms in total. The van der Waals surface area contributed by atoms with E-state index in [2.05, 4.69) is 27.3 Å². The third-order valence-electron chi connectivity index (χ3n) is 7.75. The largest absolute Gasteiger partial charge is 0.468 e. The van der Waals surface area contributed by atoms with Gasteiger partial charge in [0.05, 0.1) is 25.0 Å². The van der Waals surface area contributed by atoms with E-state index in [1.54, 1.807) is 6.20 Å². The normalized spacial score (nSPS) is 22.7. The lowest BCUT2D eigenvalue weighted by atomic mass is 9.96. The molecule has 0 bridgehead atoms. The van der Waals surface area contributed by atoms with E-state index < -0.39 is 6.04 Å². The first-order valence-electron chi connectivity index (χ1n) is 14.0. The molecule has 0 amide bonds. The maximum atomic E-state index is 13.0. The van der Waals surface area contributed by atoms with E-state index in [9.17, 15) is 4.79 Å². The number of unbranched alkanes of at least 4 members (excludes halogenated alkanes) is 1. The van der Waals surface area contributed by atoms with Gasteiger partial charge in [-0.1, -0.05) is 12.1 Å². The lowest BCUT2D eigenvalue weighted by Crippen LogP contribution is -2.35. The Morgan fingerprint density at radius 3 is 3.03 bits per heavy atom. The Labute approximate surface area is 220 Å². The summed E-state index contributed by atoms with van der Waals surface area (Å²) in [6.45, 7) is 3.97. The van der Waals surface area contributed by atoms with Gasteiger partial charge in [0.2, 0.25) is 0 Å². The molecule has 2 fully saturated rings. The number of methoxy groups -OCH3 is 1. The van der Waals surface area contributed by atoms with Crippen LogP contribution >= 0.6 is 0 Å². The van der Waals surface area contributed by atoms with Crippen LogP contribution in [0.1, 0.15) is 79.6 Å². The van der Waals surface area contributed by atoms with Crippen LogP contribution in [0.3, 0.4) is 0 Å². The number of aromatic nitrogens is 2. The van der Waals surface area contributed by atoms with Crippen molar-refractivity contribution < 1.29 is 19.0 Å². The monoisotopic (exact) mass is 508 g/mol.